The quantitative estimate of drug-likeness (QED) is 0.584. The third-order valence-corrected chi connectivity index (χ3v) is 6.07. The molecule has 0 radical (unpaired) electrons. The fourth-order valence-electron chi connectivity index (χ4n) is 4.26. The Morgan fingerprint density at radius 1 is 1.18 bits per heavy atom. The number of carbonyl (C=O) groups excluding carboxylic acids is 1. The van der Waals surface area contributed by atoms with Gasteiger partial charge < -0.3 is 15.3 Å². The summed E-state index contributed by atoms with van der Waals surface area (Å²) in [5.41, 5.74) is 3.85. The van der Waals surface area contributed by atoms with Gasteiger partial charge in [-0.1, -0.05) is 24.3 Å². The number of benzene rings is 1. The Morgan fingerprint density at radius 2 is 2.00 bits per heavy atom. The van der Waals surface area contributed by atoms with Crippen LogP contribution >= 0.6 is 0 Å². The average Bonchev–Trinajstić information content (AvgIpc) is 3.32. The summed E-state index contributed by atoms with van der Waals surface area (Å²) in [4.78, 5) is 22.6. The molecule has 0 spiro atoms. The van der Waals surface area contributed by atoms with Gasteiger partial charge in [-0.15, -0.1) is 0 Å². The number of nitrogens with zero attached hydrogens (tertiary/aromatic N) is 4. The van der Waals surface area contributed by atoms with Crippen molar-refractivity contribution in [3.8, 4) is 6.07 Å². The Hall–Kier alpha value is -3.60. The molecule has 3 heterocycles. The molecule has 3 aromatic rings. The second-order valence-electron chi connectivity index (χ2n) is 8.50. The van der Waals surface area contributed by atoms with Crippen LogP contribution in [-0.4, -0.2) is 45.0 Å². The summed E-state index contributed by atoms with van der Waals surface area (Å²) >= 11 is 0. The maximum atomic E-state index is 12.7. The number of rotatable bonds is 7. The van der Waals surface area contributed by atoms with Gasteiger partial charge in [0.2, 0.25) is 0 Å². The van der Waals surface area contributed by atoms with Crippen LogP contribution < -0.4 is 5.32 Å². The summed E-state index contributed by atoms with van der Waals surface area (Å²) in [6.07, 6.45) is 7.04. The van der Waals surface area contributed by atoms with Gasteiger partial charge in [0.1, 0.15) is 11.8 Å². The van der Waals surface area contributed by atoms with Crippen molar-refractivity contribution in [2.45, 2.75) is 44.0 Å². The molecule has 33 heavy (non-hydrogen) atoms. The zero-order valence-corrected chi connectivity index (χ0v) is 18.6. The van der Waals surface area contributed by atoms with Gasteiger partial charge in [0.25, 0.3) is 5.91 Å². The van der Waals surface area contributed by atoms with E-state index in [4.69, 9.17) is 5.26 Å². The Labute approximate surface area is 193 Å². The highest BCUT2D eigenvalue weighted by Gasteiger charge is 2.30. The number of aromatic nitrogens is 2. The molecule has 7 heteroatoms. The van der Waals surface area contributed by atoms with Crippen molar-refractivity contribution in [1.82, 2.24) is 20.2 Å². The van der Waals surface area contributed by atoms with Gasteiger partial charge in [0, 0.05) is 55.4 Å². The fraction of sp³-hybridized carbons (Fsp3) is 0.308. The summed E-state index contributed by atoms with van der Waals surface area (Å²) in [5, 5.41) is 23.1. The van der Waals surface area contributed by atoms with Crippen molar-refractivity contribution in [1.29, 1.82) is 5.26 Å². The largest absolute Gasteiger partial charge is 0.387 e. The van der Waals surface area contributed by atoms with Crippen molar-refractivity contribution >= 4 is 5.91 Å². The Bertz CT molecular complexity index is 1110. The smallest absolute Gasteiger partial charge is 0.253 e. The Balaban J connectivity index is 1.31. The van der Waals surface area contributed by atoms with Crippen LogP contribution in [0.4, 0.5) is 0 Å². The minimum Gasteiger partial charge on any atom is -0.387 e. The first-order valence-corrected chi connectivity index (χ1v) is 11.1. The summed E-state index contributed by atoms with van der Waals surface area (Å²) in [6.45, 7) is 0.513. The predicted octanol–water partition coefficient (Wildman–Crippen LogP) is 3.02. The lowest BCUT2D eigenvalue weighted by molar-refractivity contribution is 0.0785. The van der Waals surface area contributed by atoms with E-state index in [9.17, 15) is 9.90 Å². The molecule has 168 valence electrons. The number of pyridine rings is 2. The Morgan fingerprint density at radius 3 is 2.67 bits per heavy atom. The molecule has 7 nitrogen and oxygen atoms in total. The molecule has 1 amide bonds. The third kappa shape index (κ3) is 5.61. The number of amides is 1. The van der Waals surface area contributed by atoms with Crippen LogP contribution in [0.1, 0.15) is 51.7 Å². The predicted molar refractivity (Wildman–Crippen MR) is 124 cm³/mol. The van der Waals surface area contributed by atoms with Gasteiger partial charge in [-0.05, 0) is 54.7 Å². The van der Waals surface area contributed by atoms with Crippen LogP contribution in [-0.2, 0) is 13.0 Å². The maximum Gasteiger partial charge on any atom is 0.253 e. The molecule has 2 N–H and O–H groups in total. The normalized spacial score (nSPS) is 18.5. The van der Waals surface area contributed by atoms with Crippen molar-refractivity contribution in [3.63, 3.8) is 0 Å². The number of aliphatic hydroxyl groups excluding tert-OH is 1. The SMILES string of the molecule is CN(Cc1cccnc1)C(=O)c1ccc(CC2CCC(C(O)c3ccc(C#N)nc3)N2)cc1. The topological polar surface area (TPSA) is 102 Å². The molecule has 3 unspecified atom stereocenters. The van der Waals surface area contributed by atoms with Crippen molar-refractivity contribution in [3.05, 3.63) is 95.1 Å². The lowest BCUT2D eigenvalue weighted by Gasteiger charge is -2.20. The highest BCUT2D eigenvalue weighted by atomic mass is 16.3. The second-order valence-corrected chi connectivity index (χ2v) is 8.50. The standard InChI is InChI=1S/C26H27N5O2/c1-31(17-19-3-2-12-28-15-19)26(33)20-6-4-18(5-7-20)13-22-10-11-24(30-22)25(32)21-8-9-23(14-27)29-16-21/h2-9,12,15-16,22,24-25,30,32H,10-11,13,17H2,1H3. The minimum absolute atomic E-state index is 0.0244. The molecule has 4 rings (SSSR count). The van der Waals surface area contributed by atoms with E-state index in [0.717, 1.165) is 30.4 Å². The molecule has 1 fully saturated rings. The van der Waals surface area contributed by atoms with E-state index in [0.29, 0.717) is 23.4 Å². The molecule has 1 aliphatic rings. The first-order valence-electron chi connectivity index (χ1n) is 11.1. The van der Waals surface area contributed by atoms with Gasteiger partial charge in [0.15, 0.2) is 0 Å². The number of hydrogen-bond acceptors (Lipinski definition) is 6. The molecule has 0 bridgehead atoms. The minimum atomic E-state index is -0.661. The number of hydrogen-bond donors (Lipinski definition) is 2. The Kier molecular flexibility index (Phi) is 7.08. The second kappa shape index (κ2) is 10.3. The fourth-order valence-corrected chi connectivity index (χ4v) is 4.26. The molecule has 2 aromatic heterocycles. The molecule has 3 atom stereocenters. The van der Waals surface area contributed by atoms with Crippen LogP contribution in [0.3, 0.4) is 0 Å². The van der Waals surface area contributed by atoms with E-state index in [-0.39, 0.29) is 18.0 Å². The summed E-state index contributed by atoms with van der Waals surface area (Å²) in [5.74, 6) is -0.0244. The van der Waals surface area contributed by atoms with Crippen molar-refractivity contribution in [2.24, 2.45) is 0 Å². The van der Waals surface area contributed by atoms with E-state index in [1.54, 1.807) is 42.7 Å². The van der Waals surface area contributed by atoms with Gasteiger partial charge in [0.05, 0.1) is 6.10 Å². The van der Waals surface area contributed by atoms with E-state index < -0.39 is 6.10 Å². The van der Waals surface area contributed by atoms with Crippen LogP contribution in [0.15, 0.2) is 67.1 Å². The van der Waals surface area contributed by atoms with Crippen molar-refractivity contribution < 1.29 is 9.90 Å². The molecule has 1 aliphatic heterocycles. The van der Waals surface area contributed by atoms with Gasteiger partial charge in [-0.3, -0.25) is 9.78 Å². The summed E-state index contributed by atoms with van der Waals surface area (Å²) < 4.78 is 0. The van der Waals surface area contributed by atoms with Gasteiger partial charge in [-0.2, -0.15) is 5.26 Å². The zero-order chi connectivity index (χ0) is 23.2. The van der Waals surface area contributed by atoms with Crippen LogP contribution in [0.25, 0.3) is 0 Å². The molecule has 0 saturated carbocycles. The third-order valence-electron chi connectivity index (χ3n) is 6.07. The van der Waals surface area contributed by atoms with E-state index >= 15 is 0 Å². The first-order chi connectivity index (χ1) is 16.0. The van der Waals surface area contributed by atoms with Gasteiger partial charge in [-0.25, -0.2) is 4.98 Å². The maximum absolute atomic E-state index is 12.7. The molecule has 1 saturated heterocycles. The monoisotopic (exact) mass is 441 g/mol. The van der Waals surface area contributed by atoms with E-state index in [2.05, 4.69) is 15.3 Å². The highest BCUT2D eigenvalue weighted by molar-refractivity contribution is 5.94. The number of nitrogens with one attached hydrogen (secondary N) is 1. The molecular weight excluding hydrogens is 414 g/mol. The number of nitriles is 1. The van der Waals surface area contributed by atoms with Crippen LogP contribution in [0, 0.1) is 11.3 Å². The summed E-state index contributed by atoms with van der Waals surface area (Å²) in [7, 11) is 1.79. The lowest BCUT2D eigenvalue weighted by Crippen LogP contribution is -2.35. The van der Waals surface area contributed by atoms with Crippen molar-refractivity contribution in [2.75, 3.05) is 7.05 Å². The highest BCUT2D eigenvalue weighted by Crippen LogP contribution is 2.26. The number of carbonyl (C=O) groups is 1. The van der Waals surface area contributed by atoms with E-state index in [1.807, 2.05) is 42.5 Å². The van der Waals surface area contributed by atoms with Crippen LogP contribution in [0.2, 0.25) is 0 Å². The number of aliphatic hydroxyl groups is 1. The van der Waals surface area contributed by atoms with Crippen LogP contribution in [0.5, 0.6) is 0 Å². The van der Waals surface area contributed by atoms with Gasteiger partial charge >= 0.3 is 0 Å². The van der Waals surface area contributed by atoms with E-state index in [1.165, 1.54) is 0 Å². The first kappa shape index (κ1) is 22.6. The molecule has 1 aromatic carbocycles. The lowest BCUT2D eigenvalue weighted by atomic mass is 10.0. The zero-order valence-electron chi connectivity index (χ0n) is 18.6. The molecular formula is C26H27N5O2. The average molecular weight is 442 g/mol. The molecule has 0 aliphatic carbocycles. The summed E-state index contributed by atoms with van der Waals surface area (Å²) in [6, 6.07) is 17.2.